The lowest BCUT2D eigenvalue weighted by Crippen LogP contribution is -2.40. The van der Waals surface area contributed by atoms with Crippen molar-refractivity contribution in [2.45, 2.75) is 31.3 Å². The maximum Gasteiger partial charge on any atom is 0.244 e. The molecule has 1 aromatic carbocycles. The first kappa shape index (κ1) is 15.0. The first-order chi connectivity index (χ1) is 9.48. The van der Waals surface area contributed by atoms with Gasteiger partial charge in [-0.05, 0) is 36.6 Å². The highest BCUT2D eigenvalue weighted by atomic mass is 35.5. The molecule has 0 aromatic heterocycles. The van der Waals surface area contributed by atoms with Gasteiger partial charge >= 0.3 is 0 Å². The highest BCUT2D eigenvalue weighted by Gasteiger charge is 2.30. The van der Waals surface area contributed by atoms with Crippen LogP contribution in [-0.2, 0) is 4.79 Å². The maximum atomic E-state index is 13.0. The van der Waals surface area contributed by atoms with Gasteiger partial charge < -0.3 is 10.4 Å². The molecule has 1 aliphatic carbocycles. The second kappa shape index (κ2) is 6.37. The standard InChI is InChI=1S/C15H17ClFNO2/c16-12-9-11(3-5-13(12)17)4-6-14(19)18-10-15(20)7-1-2-8-15/h3-6,9,20H,1-2,7-8,10H2,(H,18,19). The van der Waals surface area contributed by atoms with E-state index in [9.17, 15) is 14.3 Å². The van der Waals surface area contributed by atoms with Crippen LogP contribution < -0.4 is 5.32 Å². The number of halogens is 2. The van der Waals surface area contributed by atoms with Crippen LogP contribution in [0.15, 0.2) is 24.3 Å². The lowest BCUT2D eigenvalue weighted by molar-refractivity contribution is -0.117. The molecule has 1 amide bonds. The topological polar surface area (TPSA) is 49.3 Å². The molecular formula is C15H17ClFNO2. The Bertz CT molecular complexity index is 525. The molecule has 0 radical (unpaired) electrons. The van der Waals surface area contributed by atoms with E-state index in [1.165, 1.54) is 24.3 Å². The smallest absolute Gasteiger partial charge is 0.244 e. The number of hydrogen-bond acceptors (Lipinski definition) is 2. The number of hydrogen-bond donors (Lipinski definition) is 2. The minimum Gasteiger partial charge on any atom is -0.388 e. The summed E-state index contributed by atoms with van der Waals surface area (Å²) < 4.78 is 13.0. The summed E-state index contributed by atoms with van der Waals surface area (Å²) in [5, 5.41) is 12.8. The van der Waals surface area contributed by atoms with Gasteiger partial charge in [-0.15, -0.1) is 0 Å². The summed E-state index contributed by atoms with van der Waals surface area (Å²) in [5.41, 5.74) is -0.117. The molecule has 2 N–H and O–H groups in total. The first-order valence-electron chi connectivity index (χ1n) is 6.62. The molecule has 0 saturated heterocycles. The van der Waals surface area contributed by atoms with Gasteiger partial charge in [0, 0.05) is 12.6 Å². The number of carbonyl (C=O) groups is 1. The van der Waals surface area contributed by atoms with Crippen molar-refractivity contribution in [1.82, 2.24) is 5.32 Å². The minimum absolute atomic E-state index is 0.0211. The zero-order chi connectivity index (χ0) is 14.6. The molecular weight excluding hydrogens is 281 g/mol. The third-order valence-corrected chi connectivity index (χ3v) is 3.79. The van der Waals surface area contributed by atoms with Crippen LogP contribution >= 0.6 is 11.6 Å². The first-order valence-corrected chi connectivity index (χ1v) is 7.00. The molecule has 0 unspecified atom stereocenters. The molecule has 1 fully saturated rings. The van der Waals surface area contributed by atoms with Gasteiger partial charge in [0.1, 0.15) is 5.82 Å². The van der Waals surface area contributed by atoms with E-state index >= 15 is 0 Å². The Balaban J connectivity index is 1.87. The van der Waals surface area contributed by atoms with Crippen molar-refractivity contribution in [2.24, 2.45) is 0 Å². The Kier molecular flexibility index (Phi) is 4.78. The number of amides is 1. The second-order valence-electron chi connectivity index (χ2n) is 5.16. The third kappa shape index (κ3) is 4.05. The Labute approximate surface area is 122 Å². The third-order valence-electron chi connectivity index (χ3n) is 3.50. The molecule has 0 heterocycles. The molecule has 2 rings (SSSR count). The van der Waals surface area contributed by atoms with Crippen LogP contribution in [0.3, 0.4) is 0 Å². The van der Waals surface area contributed by atoms with E-state index in [-0.39, 0.29) is 17.5 Å². The number of rotatable bonds is 4. The number of benzene rings is 1. The summed E-state index contributed by atoms with van der Waals surface area (Å²) in [4.78, 5) is 11.7. The number of carbonyl (C=O) groups excluding carboxylic acids is 1. The van der Waals surface area contributed by atoms with Crippen molar-refractivity contribution >= 4 is 23.6 Å². The predicted octanol–water partition coefficient (Wildman–Crippen LogP) is 2.91. The number of nitrogens with one attached hydrogen (secondary N) is 1. The lowest BCUT2D eigenvalue weighted by Gasteiger charge is -2.21. The zero-order valence-corrected chi connectivity index (χ0v) is 11.8. The van der Waals surface area contributed by atoms with Crippen LogP contribution in [0.5, 0.6) is 0 Å². The SMILES string of the molecule is O=C(C=Cc1ccc(F)c(Cl)c1)NCC1(O)CCCC1. The highest BCUT2D eigenvalue weighted by molar-refractivity contribution is 6.30. The Hall–Kier alpha value is -1.39. The average molecular weight is 298 g/mol. The van der Waals surface area contributed by atoms with E-state index < -0.39 is 11.4 Å². The zero-order valence-electron chi connectivity index (χ0n) is 11.0. The van der Waals surface area contributed by atoms with E-state index in [2.05, 4.69) is 5.32 Å². The van der Waals surface area contributed by atoms with Gasteiger partial charge in [0.05, 0.1) is 10.6 Å². The van der Waals surface area contributed by atoms with Gasteiger partial charge in [-0.1, -0.05) is 30.5 Å². The van der Waals surface area contributed by atoms with Gasteiger partial charge in [0.2, 0.25) is 5.91 Å². The van der Waals surface area contributed by atoms with Gasteiger partial charge in [-0.25, -0.2) is 4.39 Å². The van der Waals surface area contributed by atoms with Crippen molar-refractivity contribution in [1.29, 1.82) is 0 Å². The minimum atomic E-state index is -0.761. The van der Waals surface area contributed by atoms with Crippen molar-refractivity contribution in [2.75, 3.05) is 6.54 Å². The number of aliphatic hydroxyl groups is 1. The molecule has 0 spiro atoms. The second-order valence-corrected chi connectivity index (χ2v) is 5.56. The summed E-state index contributed by atoms with van der Waals surface area (Å²) in [6.07, 6.45) is 6.35. The van der Waals surface area contributed by atoms with Crippen LogP contribution in [0.25, 0.3) is 6.08 Å². The van der Waals surface area contributed by atoms with E-state index in [1.54, 1.807) is 6.08 Å². The van der Waals surface area contributed by atoms with Crippen LogP contribution in [-0.4, -0.2) is 23.2 Å². The normalized spacial score (nSPS) is 17.6. The molecule has 3 nitrogen and oxygen atoms in total. The molecule has 0 atom stereocenters. The lowest BCUT2D eigenvalue weighted by atomic mass is 10.0. The molecule has 5 heteroatoms. The fourth-order valence-electron chi connectivity index (χ4n) is 2.31. The summed E-state index contributed by atoms with van der Waals surface area (Å²) >= 11 is 5.65. The quantitative estimate of drug-likeness (QED) is 0.840. The van der Waals surface area contributed by atoms with Crippen LogP contribution in [0, 0.1) is 5.82 Å². The van der Waals surface area contributed by atoms with E-state index in [0.29, 0.717) is 5.56 Å². The Morgan fingerprint density at radius 2 is 2.15 bits per heavy atom. The summed E-state index contributed by atoms with van der Waals surface area (Å²) in [6.45, 7) is 0.264. The molecule has 108 valence electrons. The van der Waals surface area contributed by atoms with E-state index in [1.807, 2.05) is 0 Å². The Morgan fingerprint density at radius 1 is 1.45 bits per heavy atom. The maximum absolute atomic E-state index is 13.0. The van der Waals surface area contributed by atoms with Gasteiger partial charge in [0.25, 0.3) is 0 Å². The van der Waals surface area contributed by atoms with Crippen LogP contribution in [0.4, 0.5) is 4.39 Å². The molecule has 20 heavy (non-hydrogen) atoms. The van der Waals surface area contributed by atoms with E-state index in [4.69, 9.17) is 11.6 Å². The van der Waals surface area contributed by atoms with Gasteiger partial charge in [-0.2, -0.15) is 0 Å². The van der Waals surface area contributed by atoms with Crippen LogP contribution in [0.2, 0.25) is 5.02 Å². The monoisotopic (exact) mass is 297 g/mol. The average Bonchev–Trinajstić information content (AvgIpc) is 2.85. The highest BCUT2D eigenvalue weighted by Crippen LogP contribution is 2.28. The van der Waals surface area contributed by atoms with Gasteiger partial charge in [-0.3, -0.25) is 4.79 Å². The summed E-state index contributed by atoms with van der Waals surface area (Å²) in [7, 11) is 0. The fourth-order valence-corrected chi connectivity index (χ4v) is 2.50. The van der Waals surface area contributed by atoms with Crippen molar-refractivity contribution in [3.8, 4) is 0 Å². The predicted molar refractivity (Wildman–Crippen MR) is 76.9 cm³/mol. The Morgan fingerprint density at radius 3 is 2.80 bits per heavy atom. The molecule has 1 aliphatic rings. The largest absolute Gasteiger partial charge is 0.388 e. The summed E-state index contributed by atoms with van der Waals surface area (Å²) in [5.74, 6) is -0.775. The van der Waals surface area contributed by atoms with E-state index in [0.717, 1.165) is 25.7 Å². The fraction of sp³-hybridized carbons (Fsp3) is 0.400. The molecule has 1 saturated carbocycles. The molecule has 0 aliphatic heterocycles. The summed E-state index contributed by atoms with van der Waals surface area (Å²) in [6, 6.07) is 4.24. The van der Waals surface area contributed by atoms with Crippen LogP contribution in [0.1, 0.15) is 31.2 Å². The van der Waals surface area contributed by atoms with Crippen molar-refractivity contribution in [3.05, 3.63) is 40.7 Å². The van der Waals surface area contributed by atoms with Crippen molar-refractivity contribution in [3.63, 3.8) is 0 Å². The molecule has 1 aromatic rings. The molecule has 0 bridgehead atoms. The van der Waals surface area contributed by atoms with Gasteiger partial charge in [0.15, 0.2) is 0 Å². The van der Waals surface area contributed by atoms with Crippen molar-refractivity contribution < 1.29 is 14.3 Å².